The lowest BCUT2D eigenvalue weighted by Gasteiger charge is -2.41. The third-order valence-corrected chi connectivity index (χ3v) is 5.62. The Labute approximate surface area is 163 Å². The zero-order valence-corrected chi connectivity index (χ0v) is 16.4. The first-order chi connectivity index (χ1) is 13.5. The minimum atomic E-state index is -0.363. The number of benzene rings is 2. The van der Waals surface area contributed by atoms with Crippen LogP contribution in [0.2, 0.25) is 0 Å². The van der Waals surface area contributed by atoms with Gasteiger partial charge in [0.05, 0.1) is 34.5 Å². The number of ether oxygens (including phenoxy) is 4. The van der Waals surface area contributed by atoms with E-state index in [9.17, 15) is 9.90 Å². The second kappa shape index (κ2) is 6.82. The molecule has 4 rings (SSSR count). The van der Waals surface area contributed by atoms with E-state index < -0.39 is 0 Å². The normalized spacial score (nSPS) is 16.7. The molecule has 1 heterocycles. The van der Waals surface area contributed by atoms with Crippen LogP contribution in [0.25, 0.3) is 11.1 Å². The number of carbonyl (C=O) groups is 1. The Bertz CT molecular complexity index is 955. The van der Waals surface area contributed by atoms with E-state index in [0.717, 1.165) is 27.8 Å². The summed E-state index contributed by atoms with van der Waals surface area (Å²) < 4.78 is 21.6. The van der Waals surface area contributed by atoms with Gasteiger partial charge < -0.3 is 29.0 Å². The summed E-state index contributed by atoms with van der Waals surface area (Å²) in [7, 11) is 6.12. The maximum absolute atomic E-state index is 12.4. The molecule has 0 bridgehead atoms. The Kier molecular flexibility index (Phi) is 4.45. The highest BCUT2D eigenvalue weighted by Gasteiger charge is 2.40. The molecule has 0 radical (unpaired) electrons. The van der Waals surface area contributed by atoms with E-state index in [0.29, 0.717) is 36.6 Å². The summed E-state index contributed by atoms with van der Waals surface area (Å²) in [6, 6.07) is 5.29. The molecule has 148 valence electrons. The second-order valence-electron chi connectivity index (χ2n) is 6.87. The molecule has 1 atom stereocenters. The van der Waals surface area contributed by atoms with Crippen LogP contribution in [0.4, 0.5) is 4.79 Å². The molecule has 28 heavy (non-hydrogen) atoms. The average molecular weight is 385 g/mol. The van der Waals surface area contributed by atoms with Crippen LogP contribution in [-0.2, 0) is 17.6 Å². The van der Waals surface area contributed by atoms with Crippen LogP contribution in [-0.4, -0.2) is 51.1 Å². The minimum absolute atomic E-state index is 0.0622. The predicted octanol–water partition coefficient (Wildman–Crippen LogP) is 3.31. The third-order valence-electron chi connectivity index (χ3n) is 5.62. The summed E-state index contributed by atoms with van der Waals surface area (Å²) in [5.41, 5.74) is 4.84. The van der Waals surface area contributed by atoms with E-state index in [4.69, 9.17) is 18.9 Å². The van der Waals surface area contributed by atoms with Gasteiger partial charge in [-0.1, -0.05) is 0 Å². The number of nitrogens with zero attached hydrogens (tertiary/aromatic N) is 1. The van der Waals surface area contributed by atoms with Crippen molar-refractivity contribution in [1.29, 1.82) is 0 Å². The zero-order chi connectivity index (χ0) is 20.0. The van der Waals surface area contributed by atoms with Crippen molar-refractivity contribution in [2.75, 3.05) is 35.0 Å². The lowest BCUT2D eigenvalue weighted by atomic mass is 9.76. The molecule has 1 amide bonds. The summed E-state index contributed by atoms with van der Waals surface area (Å²) in [6.07, 6.45) is 0.897. The van der Waals surface area contributed by atoms with Gasteiger partial charge in [0.15, 0.2) is 23.0 Å². The molecular formula is C21H23NO6. The minimum Gasteiger partial charge on any atom is -0.504 e. The fourth-order valence-corrected chi connectivity index (χ4v) is 4.40. The molecule has 7 nitrogen and oxygen atoms in total. The van der Waals surface area contributed by atoms with Crippen LogP contribution in [0.5, 0.6) is 23.0 Å². The van der Waals surface area contributed by atoms with E-state index in [-0.39, 0.29) is 17.9 Å². The van der Waals surface area contributed by atoms with Crippen molar-refractivity contribution in [2.45, 2.75) is 18.9 Å². The number of phenolic OH excluding ortho intramolecular Hbond substituents is 1. The fourth-order valence-electron chi connectivity index (χ4n) is 4.40. The van der Waals surface area contributed by atoms with Gasteiger partial charge in [0.25, 0.3) is 0 Å². The number of aromatic hydroxyl groups is 1. The Morgan fingerprint density at radius 1 is 1.04 bits per heavy atom. The van der Waals surface area contributed by atoms with Gasteiger partial charge in [0.2, 0.25) is 0 Å². The molecule has 2 aromatic carbocycles. The molecular weight excluding hydrogens is 362 g/mol. The molecule has 0 fully saturated rings. The number of phenols is 1. The Balaban J connectivity index is 2.04. The first kappa shape index (κ1) is 18.3. The molecule has 1 aliphatic heterocycles. The smallest absolute Gasteiger partial charge is 0.410 e. The van der Waals surface area contributed by atoms with Crippen molar-refractivity contribution in [1.82, 2.24) is 4.90 Å². The lowest BCUT2D eigenvalue weighted by molar-refractivity contribution is 0.100. The van der Waals surface area contributed by atoms with Crippen LogP contribution in [0, 0.1) is 0 Å². The summed E-state index contributed by atoms with van der Waals surface area (Å²) in [5, 5.41) is 10.3. The maximum Gasteiger partial charge on any atom is 0.410 e. The number of methoxy groups -OCH3 is 4. The first-order valence-corrected chi connectivity index (χ1v) is 9.06. The molecule has 0 saturated heterocycles. The van der Waals surface area contributed by atoms with E-state index in [1.165, 1.54) is 14.2 Å². The number of fused-ring (bicyclic) bond motifs is 2. The molecule has 0 saturated carbocycles. The van der Waals surface area contributed by atoms with Crippen molar-refractivity contribution in [3.63, 3.8) is 0 Å². The van der Waals surface area contributed by atoms with Gasteiger partial charge >= 0.3 is 6.09 Å². The molecule has 2 aromatic rings. The predicted molar refractivity (Wildman–Crippen MR) is 102 cm³/mol. The standard InChI is InChI=1S/C21H23NO6/c1-25-16-10-13-12(8-15(16)23)7-14-18-11(5-6-22(14)21(24)28-4)9-17(26-2)20(27-3)19(13)18/h8-10,14,23H,5-7H2,1-4H3. The van der Waals surface area contributed by atoms with E-state index in [1.807, 2.05) is 12.1 Å². The summed E-state index contributed by atoms with van der Waals surface area (Å²) in [6.45, 7) is 0.552. The van der Waals surface area contributed by atoms with Crippen molar-refractivity contribution in [2.24, 2.45) is 0 Å². The highest BCUT2D eigenvalue weighted by atomic mass is 16.5. The van der Waals surface area contributed by atoms with Crippen LogP contribution in [0.1, 0.15) is 22.7 Å². The quantitative estimate of drug-likeness (QED) is 0.874. The highest BCUT2D eigenvalue weighted by molar-refractivity contribution is 5.86. The van der Waals surface area contributed by atoms with Gasteiger partial charge in [-0.15, -0.1) is 0 Å². The SMILES string of the molecule is COC(=O)N1CCc2cc(OC)c(OC)c3c2C1Cc1cc(O)c(OC)cc1-3. The Hall–Kier alpha value is -3.09. The molecule has 2 aliphatic rings. The molecule has 0 aromatic heterocycles. The lowest BCUT2D eigenvalue weighted by Crippen LogP contribution is -2.42. The highest BCUT2D eigenvalue weighted by Crippen LogP contribution is 2.54. The van der Waals surface area contributed by atoms with Gasteiger partial charge in [-0.3, -0.25) is 0 Å². The fraction of sp³-hybridized carbons (Fsp3) is 0.381. The summed E-state index contributed by atoms with van der Waals surface area (Å²) in [5.74, 6) is 1.69. The van der Waals surface area contributed by atoms with Gasteiger partial charge in [-0.2, -0.15) is 0 Å². The number of hydrogen-bond acceptors (Lipinski definition) is 6. The Morgan fingerprint density at radius 2 is 1.79 bits per heavy atom. The zero-order valence-electron chi connectivity index (χ0n) is 16.4. The third kappa shape index (κ3) is 2.53. The molecule has 1 unspecified atom stereocenters. The van der Waals surface area contributed by atoms with Crippen molar-refractivity contribution < 1.29 is 28.8 Å². The van der Waals surface area contributed by atoms with Crippen LogP contribution < -0.4 is 14.2 Å². The van der Waals surface area contributed by atoms with Crippen molar-refractivity contribution in [3.8, 4) is 34.1 Å². The van der Waals surface area contributed by atoms with Crippen molar-refractivity contribution >= 4 is 6.09 Å². The number of amides is 1. The maximum atomic E-state index is 12.4. The van der Waals surface area contributed by atoms with E-state index in [1.54, 1.807) is 25.2 Å². The number of carbonyl (C=O) groups excluding carboxylic acids is 1. The number of rotatable bonds is 3. The number of hydrogen-bond donors (Lipinski definition) is 1. The van der Waals surface area contributed by atoms with Gasteiger partial charge in [-0.05, 0) is 53.3 Å². The van der Waals surface area contributed by atoms with E-state index in [2.05, 4.69) is 0 Å². The Morgan fingerprint density at radius 3 is 2.43 bits per heavy atom. The first-order valence-electron chi connectivity index (χ1n) is 9.06. The van der Waals surface area contributed by atoms with Crippen molar-refractivity contribution in [3.05, 3.63) is 34.9 Å². The molecule has 1 N–H and O–H groups in total. The molecule has 1 aliphatic carbocycles. The summed E-state index contributed by atoms with van der Waals surface area (Å²) >= 11 is 0. The van der Waals surface area contributed by atoms with E-state index >= 15 is 0 Å². The molecule has 7 heteroatoms. The molecule has 0 spiro atoms. The second-order valence-corrected chi connectivity index (χ2v) is 6.87. The largest absolute Gasteiger partial charge is 0.504 e. The van der Waals surface area contributed by atoms with Crippen LogP contribution in [0.15, 0.2) is 18.2 Å². The topological polar surface area (TPSA) is 77.5 Å². The van der Waals surface area contributed by atoms with Gasteiger partial charge in [0.1, 0.15) is 0 Å². The monoisotopic (exact) mass is 385 g/mol. The van der Waals surface area contributed by atoms with Crippen LogP contribution >= 0.6 is 0 Å². The van der Waals surface area contributed by atoms with Crippen LogP contribution in [0.3, 0.4) is 0 Å². The average Bonchev–Trinajstić information content (AvgIpc) is 2.72. The van der Waals surface area contributed by atoms with Gasteiger partial charge in [0, 0.05) is 12.1 Å². The van der Waals surface area contributed by atoms with Gasteiger partial charge in [-0.25, -0.2) is 4.79 Å². The summed E-state index contributed by atoms with van der Waals surface area (Å²) in [4.78, 5) is 14.2.